The van der Waals surface area contributed by atoms with E-state index >= 15 is 0 Å². The van der Waals surface area contributed by atoms with Gasteiger partial charge < -0.3 is 24.1 Å². The first-order valence-corrected chi connectivity index (χ1v) is 10.8. The third-order valence-corrected chi connectivity index (χ3v) is 5.73. The molecule has 2 aromatic carbocycles. The molecule has 0 atom stereocenters. The maximum atomic E-state index is 13.1. The summed E-state index contributed by atoms with van der Waals surface area (Å²) in [5.41, 5.74) is 3.63. The van der Waals surface area contributed by atoms with Crippen LogP contribution in [0.2, 0.25) is 0 Å². The van der Waals surface area contributed by atoms with Crippen LogP contribution >= 0.6 is 0 Å². The molecule has 0 aliphatic carbocycles. The molecule has 0 fully saturated rings. The van der Waals surface area contributed by atoms with Gasteiger partial charge in [-0.1, -0.05) is 0 Å². The molecule has 2 aromatic heterocycles. The van der Waals surface area contributed by atoms with E-state index in [1.807, 2.05) is 6.07 Å². The number of benzene rings is 2. The molecular weight excluding hydrogens is 439 g/mol. The Hall–Kier alpha value is -4.01. The molecule has 0 bridgehead atoms. The summed E-state index contributed by atoms with van der Waals surface area (Å²) < 4.78 is 29.5. The molecule has 0 saturated carbocycles. The molecule has 2 N–H and O–H groups in total. The van der Waals surface area contributed by atoms with Crippen molar-refractivity contribution < 1.29 is 23.4 Å². The van der Waals surface area contributed by atoms with Crippen molar-refractivity contribution in [1.29, 1.82) is 0 Å². The van der Waals surface area contributed by atoms with E-state index in [4.69, 9.17) is 14.2 Å². The van der Waals surface area contributed by atoms with Crippen LogP contribution in [0.3, 0.4) is 0 Å². The molecule has 9 heteroatoms. The van der Waals surface area contributed by atoms with Gasteiger partial charge in [-0.3, -0.25) is 9.89 Å². The van der Waals surface area contributed by atoms with Crippen molar-refractivity contribution in [3.8, 4) is 28.5 Å². The van der Waals surface area contributed by atoms with E-state index in [0.717, 1.165) is 35.2 Å². The topological polar surface area (TPSA) is 92.5 Å². The Morgan fingerprint density at radius 1 is 1.03 bits per heavy atom. The number of nitrogens with zero attached hydrogens (tertiary/aromatic N) is 2. The lowest BCUT2D eigenvalue weighted by atomic mass is 10.1. The van der Waals surface area contributed by atoms with Crippen molar-refractivity contribution in [3.05, 3.63) is 59.7 Å². The smallest absolute Gasteiger partial charge is 0.270 e. The van der Waals surface area contributed by atoms with Crippen LogP contribution in [0, 0.1) is 5.82 Å². The maximum Gasteiger partial charge on any atom is 0.270 e. The van der Waals surface area contributed by atoms with E-state index in [-0.39, 0.29) is 11.7 Å². The molecule has 4 aromatic rings. The van der Waals surface area contributed by atoms with Crippen LogP contribution in [0.25, 0.3) is 22.2 Å². The van der Waals surface area contributed by atoms with Gasteiger partial charge in [-0.25, -0.2) is 4.39 Å². The van der Waals surface area contributed by atoms with Gasteiger partial charge in [-0.2, -0.15) is 5.10 Å². The number of rotatable bonds is 9. The minimum atomic E-state index is -0.279. The second kappa shape index (κ2) is 9.86. The van der Waals surface area contributed by atoms with Gasteiger partial charge in [0.2, 0.25) is 0 Å². The fourth-order valence-electron chi connectivity index (χ4n) is 3.92. The van der Waals surface area contributed by atoms with Gasteiger partial charge in [0.1, 0.15) is 17.3 Å². The summed E-state index contributed by atoms with van der Waals surface area (Å²) in [4.78, 5) is 17.9. The number of aryl methyl sites for hydroxylation is 1. The van der Waals surface area contributed by atoms with Crippen molar-refractivity contribution in [2.75, 3.05) is 34.9 Å². The zero-order chi connectivity index (χ0) is 24.2. The number of halogens is 1. The van der Waals surface area contributed by atoms with Crippen molar-refractivity contribution >= 4 is 16.8 Å². The van der Waals surface area contributed by atoms with Gasteiger partial charge in [0.05, 0.1) is 32.5 Å². The van der Waals surface area contributed by atoms with Crippen LogP contribution in [0.1, 0.15) is 22.6 Å². The van der Waals surface area contributed by atoms with Gasteiger partial charge in [-0.05, 0) is 49.2 Å². The number of hydrogen-bond acceptors (Lipinski definition) is 5. The normalized spacial score (nSPS) is 11.0. The molecule has 34 heavy (non-hydrogen) atoms. The molecule has 178 valence electrons. The number of aromatic nitrogens is 3. The van der Waals surface area contributed by atoms with Crippen molar-refractivity contribution in [2.24, 2.45) is 0 Å². The maximum absolute atomic E-state index is 13.1. The first-order chi connectivity index (χ1) is 16.4. The number of carbonyl (C=O) groups excluding carboxylic acids is 1. The highest BCUT2D eigenvalue weighted by Gasteiger charge is 2.21. The van der Waals surface area contributed by atoms with Gasteiger partial charge in [0, 0.05) is 36.3 Å². The molecule has 0 aliphatic heterocycles. The summed E-state index contributed by atoms with van der Waals surface area (Å²) in [6, 6.07) is 11.7. The minimum absolute atomic E-state index is 0.143. The number of aromatic amines is 2. The van der Waals surface area contributed by atoms with Crippen molar-refractivity contribution in [2.45, 2.75) is 12.8 Å². The quantitative estimate of drug-likeness (QED) is 0.381. The molecule has 4 rings (SSSR count). The number of carbonyl (C=O) groups is 1. The lowest BCUT2D eigenvalue weighted by molar-refractivity contribution is 0.0788. The average molecular weight is 467 g/mol. The van der Waals surface area contributed by atoms with Crippen LogP contribution in [0.4, 0.5) is 4.39 Å². The van der Waals surface area contributed by atoms with Crippen LogP contribution in [-0.2, 0) is 6.42 Å². The molecule has 8 nitrogen and oxygen atoms in total. The van der Waals surface area contributed by atoms with E-state index < -0.39 is 0 Å². The van der Waals surface area contributed by atoms with E-state index in [1.54, 1.807) is 57.5 Å². The molecule has 2 heterocycles. The van der Waals surface area contributed by atoms with E-state index in [9.17, 15) is 9.18 Å². The lowest BCUT2D eigenvalue weighted by Crippen LogP contribution is -2.28. The molecule has 0 saturated heterocycles. The Morgan fingerprint density at radius 3 is 2.44 bits per heavy atom. The Morgan fingerprint density at radius 2 is 1.76 bits per heavy atom. The first kappa shape index (κ1) is 23.2. The summed E-state index contributed by atoms with van der Waals surface area (Å²) in [5, 5.41) is 8.05. The Balaban J connectivity index is 1.42. The number of ether oxygens (including phenoxy) is 3. The highest BCUT2D eigenvalue weighted by Crippen LogP contribution is 2.41. The second-order valence-corrected chi connectivity index (χ2v) is 7.90. The Kier molecular flexibility index (Phi) is 6.72. The summed E-state index contributed by atoms with van der Waals surface area (Å²) in [6.07, 6.45) is 1.46. The zero-order valence-corrected chi connectivity index (χ0v) is 19.6. The zero-order valence-electron chi connectivity index (χ0n) is 19.6. The van der Waals surface area contributed by atoms with E-state index in [0.29, 0.717) is 35.0 Å². The average Bonchev–Trinajstić information content (AvgIpc) is 3.50. The van der Waals surface area contributed by atoms with Gasteiger partial charge >= 0.3 is 0 Å². The van der Waals surface area contributed by atoms with Crippen molar-refractivity contribution in [1.82, 2.24) is 20.1 Å². The van der Waals surface area contributed by atoms with E-state index in [2.05, 4.69) is 15.2 Å². The van der Waals surface area contributed by atoms with E-state index in [1.165, 1.54) is 12.1 Å². The summed E-state index contributed by atoms with van der Waals surface area (Å²) in [6.45, 7) is 0.552. The SMILES string of the molecule is COc1cc(OC)c2cc(C(=O)N(C)CCCc3cc(-c4ccc(F)cc4)n[nH]3)[nH]c2c1OC. The van der Waals surface area contributed by atoms with Crippen LogP contribution in [0.5, 0.6) is 17.2 Å². The molecule has 0 unspecified atom stereocenters. The third kappa shape index (κ3) is 4.54. The molecular formula is C25H27FN4O4. The number of H-pyrrole nitrogens is 2. The molecule has 0 spiro atoms. The summed E-state index contributed by atoms with van der Waals surface area (Å²) >= 11 is 0. The monoisotopic (exact) mass is 466 g/mol. The third-order valence-electron chi connectivity index (χ3n) is 5.73. The molecule has 1 amide bonds. The van der Waals surface area contributed by atoms with Crippen LogP contribution in [0.15, 0.2) is 42.5 Å². The number of hydrogen-bond donors (Lipinski definition) is 2. The Labute approximate surface area is 196 Å². The second-order valence-electron chi connectivity index (χ2n) is 7.90. The summed E-state index contributed by atoms with van der Waals surface area (Å²) in [5.74, 6) is 1.19. The number of nitrogens with one attached hydrogen (secondary N) is 2. The Bertz CT molecular complexity index is 1300. The summed E-state index contributed by atoms with van der Waals surface area (Å²) in [7, 11) is 6.43. The number of amides is 1. The van der Waals surface area contributed by atoms with Gasteiger partial charge in [0.15, 0.2) is 11.5 Å². The predicted octanol–water partition coefficient (Wildman–Crippen LogP) is 4.43. The van der Waals surface area contributed by atoms with Crippen molar-refractivity contribution in [3.63, 3.8) is 0 Å². The molecule has 0 aliphatic rings. The highest BCUT2D eigenvalue weighted by atomic mass is 19.1. The standard InChI is InChI=1S/C25H27FN4O4/c1-30(11-5-6-17-12-19(29-28-17)15-7-9-16(26)10-8-15)25(31)20-13-18-21(32-2)14-22(33-3)24(34-4)23(18)27-20/h7-10,12-14,27H,5-6,11H2,1-4H3,(H,28,29). The highest BCUT2D eigenvalue weighted by molar-refractivity contribution is 6.02. The largest absolute Gasteiger partial charge is 0.496 e. The van der Waals surface area contributed by atoms with Gasteiger partial charge in [0.25, 0.3) is 5.91 Å². The molecule has 0 radical (unpaired) electrons. The number of fused-ring (bicyclic) bond motifs is 1. The van der Waals surface area contributed by atoms with Crippen LogP contribution in [-0.4, -0.2) is 60.9 Å². The lowest BCUT2D eigenvalue weighted by Gasteiger charge is -2.15. The minimum Gasteiger partial charge on any atom is -0.496 e. The predicted molar refractivity (Wildman–Crippen MR) is 127 cm³/mol. The fraction of sp³-hybridized carbons (Fsp3) is 0.280. The number of methoxy groups -OCH3 is 3. The first-order valence-electron chi connectivity index (χ1n) is 10.8. The fourth-order valence-corrected chi connectivity index (χ4v) is 3.92. The van der Waals surface area contributed by atoms with Gasteiger partial charge in [-0.15, -0.1) is 0 Å². The van der Waals surface area contributed by atoms with Crippen LogP contribution < -0.4 is 14.2 Å².